The Kier molecular flexibility index (Phi) is 7.11. The molecule has 1 heterocycles. The maximum absolute atomic E-state index is 14.6. The zero-order valence-corrected chi connectivity index (χ0v) is 21.5. The van der Waals surface area contributed by atoms with Gasteiger partial charge in [-0.15, -0.1) is 0 Å². The molecule has 0 N–H and O–H groups in total. The fraction of sp³-hybridized carbons (Fsp3) is 0.630. The summed E-state index contributed by atoms with van der Waals surface area (Å²) in [7, 11) is -1.24. The van der Waals surface area contributed by atoms with E-state index >= 15 is 0 Å². The van der Waals surface area contributed by atoms with E-state index in [0.717, 1.165) is 16.9 Å². The minimum atomic E-state index is -3.00. The van der Waals surface area contributed by atoms with Gasteiger partial charge in [0.15, 0.2) is 0 Å². The smallest absolute Gasteiger partial charge is 0.284 e. The van der Waals surface area contributed by atoms with E-state index in [0.29, 0.717) is 0 Å². The molecule has 0 bridgehead atoms. The van der Waals surface area contributed by atoms with Gasteiger partial charge in [0.05, 0.1) is 5.66 Å². The van der Waals surface area contributed by atoms with Gasteiger partial charge in [0.2, 0.25) is 0 Å². The highest BCUT2D eigenvalue weighted by Crippen LogP contribution is 2.73. The quantitative estimate of drug-likeness (QED) is 0.405. The second-order valence-corrected chi connectivity index (χ2v) is 15.5. The highest BCUT2D eigenvalue weighted by molar-refractivity contribution is 7.66. The highest BCUT2D eigenvalue weighted by Gasteiger charge is 2.53. The Morgan fingerprint density at radius 2 is 1.53 bits per heavy atom. The largest absolute Gasteiger partial charge is 0.307 e. The summed E-state index contributed by atoms with van der Waals surface area (Å²) in [6.07, 6.45) is 20.4. The molecule has 1 aromatic carbocycles. The van der Waals surface area contributed by atoms with Gasteiger partial charge in [0.1, 0.15) is 6.10 Å². The summed E-state index contributed by atoms with van der Waals surface area (Å²) >= 11 is 0. The molecule has 5 rings (SSSR count). The Hall–Kier alpha value is -0.720. The standard InChI is InChI=1S/C27H39NO2P2/c1-21-27(22-13-6-3-7-14-22)30-32(29,28(21)2)26-20-12-19-25(26)31(23-15-8-4-9-16-23)24-17-10-5-11-18-24/h3,6-7,12-14,19-21,23-24,26-27H,4-5,8-11,15-18H2,1-2H3/t21-,26?,27-,32?/m0/s1. The van der Waals surface area contributed by atoms with Crippen LogP contribution in [0.25, 0.3) is 0 Å². The molecule has 0 radical (unpaired) electrons. The number of hydrogen-bond acceptors (Lipinski definition) is 2. The summed E-state index contributed by atoms with van der Waals surface area (Å²) in [5.41, 5.74) is 2.72. The van der Waals surface area contributed by atoms with E-state index in [9.17, 15) is 4.57 Å². The van der Waals surface area contributed by atoms with Crippen LogP contribution in [0.2, 0.25) is 0 Å². The van der Waals surface area contributed by atoms with Gasteiger partial charge < -0.3 is 4.52 Å². The van der Waals surface area contributed by atoms with Crippen molar-refractivity contribution in [3.63, 3.8) is 0 Å². The molecule has 3 fully saturated rings. The van der Waals surface area contributed by atoms with Crippen LogP contribution in [0.4, 0.5) is 0 Å². The molecule has 32 heavy (non-hydrogen) atoms. The lowest BCUT2D eigenvalue weighted by Gasteiger charge is -2.42. The number of rotatable bonds is 5. The van der Waals surface area contributed by atoms with Crippen molar-refractivity contribution in [2.75, 3.05) is 7.05 Å². The first-order valence-corrected chi connectivity index (χ1v) is 16.0. The van der Waals surface area contributed by atoms with Crippen molar-refractivity contribution in [1.29, 1.82) is 0 Å². The molecule has 3 aliphatic carbocycles. The van der Waals surface area contributed by atoms with Crippen molar-refractivity contribution >= 4 is 15.4 Å². The maximum atomic E-state index is 14.6. The Bertz CT molecular complexity index is 868. The fourth-order valence-corrected chi connectivity index (χ4v) is 13.9. The van der Waals surface area contributed by atoms with Gasteiger partial charge in [-0.25, -0.2) is 4.67 Å². The van der Waals surface area contributed by atoms with E-state index in [1.165, 1.54) is 69.5 Å². The van der Waals surface area contributed by atoms with Crippen LogP contribution in [0.1, 0.15) is 82.8 Å². The first kappa shape index (κ1) is 23.0. The average Bonchev–Trinajstić information content (AvgIpc) is 3.41. The van der Waals surface area contributed by atoms with Crippen molar-refractivity contribution < 1.29 is 9.09 Å². The summed E-state index contributed by atoms with van der Waals surface area (Å²) in [6, 6.07) is 10.5. The third-order valence-corrected chi connectivity index (χ3v) is 15.1. The maximum Gasteiger partial charge on any atom is 0.284 e. The summed E-state index contributed by atoms with van der Waals surface area (Å²) in [6.45, 7) is 2.17. The molecule has 0 spiro atoms. The zero-order chi connectivity index (χ0) is 22.1. The van der Waals surface area contributed by atoms with Gasteiger partial charge in [0, 0.05) is 6.04 Å². The molecular weight excluding hydrogens is 432 g/mol. The highest BCUT2D eigenvalue weighted by atomic mass is 31.2. The van der Waals surface area contributed by atoms with Gasteiger partial charge >= 0.3 is 0 Å². The summed E-state index contributed by atoms with van der Waals surface area (Å²) < 4.78 is 23.3. The van der Waals surface area contributed by atoms with Crippen molar-refractivity contribution in [3.8, 4) is 0 Å². The number of hydrogen-bond donors (Lipinski definition) is 0. The Morgan fingerprint density at radius 1 is 0.938 bits per heavy atom. The van der Waals surface area contributed by atoms with Crippen LogP contribution in [0.15, 0.2) is 53.9 Å². The van der Waals surface area contributed by atoms with Gasteiger partial charge in [0.25, 0.3) is 7.52 Å². The van der Waals surface area contributed by atoms with E-state index in [1.807, 2.05) is 13.1 Å². The topological polar surface area (TPSA) is 29.5 Å². The SMILES string of the molecule is C[C@H]1[C@@H](c2ccccc2)OP(=O)(C2C=CC=C2P(C2CCCCC2)C2CCCCC2)N1C. The van der Waals surface area contributed by atoms with E-state index in [2.05, 4.69) is 54.1 Å². The predicted molar refractivity (Wildman–Crippen MR) is 137 cm³/mol. The molecule has 1 saturated heterocycles. The number of benzene rings is 1. The minimum absolute atomic E-state index is 0.0568. The van der Waals surface area contributed by atoms with Crippen LogP contribution < -0.4 is 0 Å². The molecule has 1 aliphatic heterocycles. The third kappa shape index (κ3) is 4.24. The predicted octanol–water partition coefficient (Wildman–Crippen LogP) is 8.24. The molecule has 3 nitrogen and oxygen atoms in total. The first-order valence-electron chi connectivity index (χ1n) is 12.8. The Labute approximate surface area is 195 Å². The lowest BCUT2D eigenvalue weighted by Crippen LogP contribution is -2.28. The summed E-state index contributed by atoms with van der Waals surface area (Å²) in [4.78, 5) is 0. The fourth-order valence-electron chi connectivity index (χ4n) is 6.43. The summed E-state index contributed by atoms with van der Waals surface area (Å²) in [5.74, 6) is 0. The van der Waals surface area contributed by atoms with Crippen LogP contribution in [-0.2, 0) is 9.09 Å². The molecule has 174 valence electrons. The molecule has 5 heteroatoms. The summed E-state index contributed by atoms with van der Waals surface area (Å²) in [5, 5.41) is 1.50. The van der Waals surface area contributed by atoms with Crippen molar-refractivity contribution in [1.82, 2.24) is 4.67 Å². The lowest BCUT2D eigenvalue weighted by atomic mass is 9.99. The van der Waals surface area contributed by atoms with E-state index < -0.39 is 7.52 Å². The van der Waals surface area contributed by atoms with E-state index in [-0.39, 0.29) is 25.7 Å². The molecule has 1 aromatic rings. The van der Waals surface area contributed by atoms with Crippen LogP contribution in [0, 0.1) is 0 Å². The molecular formula is C27H39NO2P2. The number of likely N-dealkylation sites (N-methyl/N-ethyl adjacent to an activating group) is 1. The zero-order valence-electron chi connectivity index (χ0n) is 19.7. The Morgan fingerprint density at radius 3 is 2.12 bits per heavy atom. The van der Waals surface area contributed by atoms with Crippen molar-refractivity contribution in [2.45, 2.75) is 100 Å². The normalized spacial score (nSPS) is 35.0. The van der Waals surface area contributed by atoms with Crippen LogP contribution in [0.5, 0.6) is 0 Å². The molecule has 2 unspecified atom stereocenters. The molecule has 4 aliphatic rings. The first-order chi connectivity index (χ1) is 15.6. The number of nitrogens with zero attached hydrogens (tertiary/aromatic N) is 1. The average molecular weight is 472 g/mol. The van der Waals surface area contributed by atoms with E-state index in [4.69, 9.17) is 4.52 Å². The van der Waals surface area contributed by atoms with Gasteiger partial charge in [-0.2, -0.15) is 0 Å². The molecule has 2 saturated carbocycles. The van der Waals surface area contributed by atoms with Crippen LogP contribution >= 0.6 is 15.4 Å². The Balaban J connectivity index is 1.45. The second-order valence-electron chi connectivity index (χ2n) is 10.2. The minimum Gasteiger partial charge on any atom is -0.307 e. The molecule has 4 atom stereocenters. The van der Waals surface area contributed by atoms with Gasteiger partial charge in [-0.1, -0.05) is 95.0 Å². The van der Waals surface area contributed by atoms with Crippen molar-refractivity contribution in [3.05, 3.63) is 59.4 Å². The second kappa shape index (κ2) is 9.87. The van der Waals surface area contributed by atoms with Crippen LogP contribution in [0.3, 0.4) is 0 Å². The lowest BCUT2D eigenvalue weighted by molar-refractivity contribution is 0.210. The molecule has 0 aromatic heterocycles. The molecule has 0 amide bonds. The third-order valence-electron chi connectivity index (χ3n) is 8.31. The van der Waals surface area contributed by atoms with E-state index in [1.54, 1.807) is 0 Å². The van der Waals surface area contributed by atoms with Gasteiger partial charge in [-0.05, 0) is 61.9 Å². The van der Waals surface area contributed by atoms with Crippen molar-refractivity contribution in [2.24, 2.45) is 0 Å². The monoisotopic (exact) mass is 471 g/mol. The number of allylic oxidation sites excluding steroid dienone is 4. The van der Waals surface area contributed by atoms with Gasteiger partial charge in [-0.3, -0.25) is 4.57 Å². The van der Waals surface area contributed by atoms with Crippen LogP contribution in [-0.4, -0.2) is 34.7 Å².